The second-order valence-electron chi connectivity index (χ2n) is 4.72. The number of rotatable bonds is 4. The molecule has 0 aliphatic heterocycles. The van der Waals surface area contributed by atoms with Gasteiger partial charge in [-0.3, -0.25) is 9.78 Å². The Balaban J connectivity index is 2.02. The molecule has 0 spiro atoms. The van der Waals surface area contributed by atoms with E-state index in [2.05, 4.69) is 10.3 Å². The Kier molecular flexibility index (Phi) is 5.17. The Hall–Kier alpha value is -1.62. The van der Waals surface area contributed by atoms with Crippen LogP contribution in [0.3, 0.4) is 0 Å². The first-order chi connectivity index (χ1) is 9.94. The van der Waals surface area contributed by atoms with E-state index in [9.17, 15) is 9.90 Å². The molecule has 1 atom stereocenters. The molecule has 0 radical (unpaired) electrons. The molecule has 0 fully saturated rings. The fourth-order valence-corrected chi connectivity index (χ4v) is 2.44. The van der Waals surface area contributed by atoms with Crippen molar-refractivity contribution in [2.75, 3.05) is 5.32 Å². The van der Waals surface area contributed by atoms with Gasteiger partial charge in [0.1, 0.15) is 0 Å². The molecule has 110 valence electrons. The number of nitrogens with zero attached hydrogens (tertiary/aromatic N) is 1. The molecule has 1 aromatic heterocycles. The lowest BCUT2D eigenvalue weighted by molar-refractivity contribution is -0.118. The first-order valence-corrected chi connectivity index (χ1v) is 7.05. The van der Waals surface area contributed by atoms with Gasteiger partial charge in [0, 0.05) is 16.2 Å². The SMILES string of the molecule is Cc1cncc(NC(=O)CC(O)c2cc(Cl)cc(Cl)c2)c1. The van der Waals surface area contributed by atoms with Crippen LogP contribution in [0.2, 0.25) is 10.0 Å². The van der Waals surface area contributed by atoms with E-state index >= 15 is 0 Å². The van der Waals surface area contributed by atoms with Gasteiger partial charge in [-0.25, -0.2) is 0 Å². The van der Waals surface area contributed by atoms with Crippen LogP contribution >= 0.6 is 23.2 Å². The van der Waals surface area contributed by atoms with Gasteiger partial charge in [-0.05, 0) is 42.3 Å². The van der Waals surface area contributed by atoms with Crippen molar-refractivity contribution < 1.29 is 9.90 Å². The minimum atomic E-state index is -0.973. The molecule has 2 aromatic rings. The average molecular weight is 325 g/mol. The van der Waals surface area contributed by atoms with Crippen LogP contribution < -0.4 is 5.32 Å². The van der Waals surface area contributed by atoms with Gasteiger partial charge in [-0.2, -0.15) is 0 Å². The zero-order valence-corrected chi connectivity index (χ0v) is 12.8. The van der Waals surface area contributed by atoms with Gasteiger partial charge in [0.05, 0.1) is 24.4 Å². The second-order valence-corrected chi connectivity index (χ2v) is 5.59. The van der Waals surface area contributed by atoms with Crippen molar-refractivity contribution >= 4 is 34.8 Å². The Morgan fingerprint density at radius 1 is 1.24 bits per heavy atom. The van der Waals surface area contributed by atoms with Crippen molar-refractivity contribution in [3.63, 3.8) is 0 Å². The first kappa shape index (κ1) is 15.8. The van der Waals surface area contributed by atoms with Gasteiger partial charge in [0.2, 0.25) is 5.91 Å². The number of hydrogen-bond acceptors (Lipinski definition) is 3. The lowest BCUT2D eigenvalue weighted by Crippen LogP contribution is -2.15. The summed E-state index contributed by atoms with van der Waals surface area (Å²) in [4.78, 5) is 15.9. The highest BCUT2D eigenvalue weighted by atomic mass is 35.5. The zero-order chi connectivity index (χ0) is 15.4. The minimum absolute atomic E-state index is 0.0926. The number of aromatic nitrogens is 1. The van der Waals surface area contributed by atoms with Gasteiger partial charge in [0.15, 0.2) is 0 Å². The van der Waals surface area contributed by atoms with E-state index < -0.39 is 6.10 Å². The standard InChI is InChI=1S/C15H14Cl2N2O2/c1-9-2-13(8-18-7-9)19-15(21)6-14(20)10-3-11(16)5-12(17)4-10/h2-5,7-8,14,20H,6H2,1H3,(H,19,21). The van der Waals surface area contributed by atoms with Crippen LogP contribution in [-0.2, 0) is 4.79 Å². The van der Waals surface area contributed by atoms with Crippen LogP contribution in [0.4, 0.5) is 5.69 Å². The van der Waals surface area contributed by atoms with Crippen molar-refractivity contribution in [3.05, 3.63) is 57.8 Å². The molecule has 0 aliphatic rings. The van der Waals surface area contributed by atoms with Crippen LogP contribution in [-0.4, -0.2) is 16.0 Å². The van der Waals surface area contributed by atoms with E-state index in [0.29, 0.717) is 21.3 Å². The van der Waals surface area contributed by atoms with Gasteiger partial charge in [0.25, 0.3) is 0 Å². The smallest absolute Gasteiger partial charge is 0.227 e. The number of aryl methyl sites for hydroxylation is 1. The maximum Gasteiger partial charge on any atom is 0.227 e. The summed E-state index contributed by atoms with van der Waals surface area (Å²) in [6.07, 6.45) is 2.18. The molecule has 1 aromatic carbocycles. The number of halogens is 2. The largest absolute Gasteiger partial charge is 0.388 e. The number of hydrogen-bond donors (Lipinski definition) is 2. The number of benzene rings is 1. The van der Waals surface area contributed by atoms with Crippen LogP contribution in [0.1, 0.15) is 23.7 Å². The summed E-state index contributed by atoms with van der Waals surface area (Å²) in [6, 6.07) is 6.53. The molecule has 0 saturated carbocycles. The number of carbonyl (C=O) groups is 1. The third-order valence-corrected chi connectivity index (χ3v) is 3.24. The monoisotopic (exact) mass is 324 g/mol. The lowest BCUT2D eigenvalue weighted by atomic mass is 10.1. The quantitative estimate of drug-likeness (QED) is 0.900. The van der Waals surface area contributed by atoms with Crippen LogP contribution in [0.5, 0.6) is 0 Å². The number of anilines is 1. The lowest BCUT2D eigenvalue weighted by Gasteiger charge is -2.12. The highest BCUT2D eigenvalue weighted by Crippen LogP contribution is 2.25. The van der Waals surface area contributed by atoms with Crippen molar-refractivity contribution in [1.82, 2.24) is 4.98 Å². The molecule has 1 amide bonds. The topological polar surface area (TPSA) is 62.2 Å². The molecule has 0 aliphatic carbocycles. The Labute approximate surface area is 132 Å². The molecular formula is C15H14Cl2N2O2. The fraction of sp³-hybridized carbons (Fsp3) is 0.200. The summed E-state index contributed by atoms with van der Waals surface area (Å²) in [5.74, 6) is -0.314. The van der Waals surface area contributed by atoms with Crippen LogP contribution in [0, 0.1) is 6.92 Å². The molecule has 0 saturated heterocycles. The van der Waals surface area contributed by atoms with E-state index in [-0.39, 0.29) is 12.3 Å². The predicted molar refractivity (Wildman–Crippen MR) is 83.6 cm³/mol. The van der Waals surface area contributed by atoms with Crippen LogP contribution in [0.25, 0.3) is 0 Å². The number of amides is 1. The van der Waals surface area contributed by atoms with Crippen molar-refractivity contribution in [3.8, 4) is 0 Å². The highest BCUT2D eigenvalue weighted by molar-refractivity contribution is 6.34. The highest BCUT2D eigenvalue weighted by Gasteiger charge is 2.14. The summed E-state index contributed by atoms with van der Waals surface area (Å²) in [5, 5.41) is 13.6. The number of nitrogens with one attached hydrogen (secondary N) is 1. The minimum Gasteiger partial charge on any atom is -0.388 e. The summed E-state index contributed by atoms with van der Waals surface area (Å²) < 4.78 is 0. The summed E-state index contributed by atoms with van der Waals surface area (Å²) in [7, 11) is 0. The normalized spacial score (nSPS) is 12.0. The molecular weight excluding hydrogens is 311 g/mol. The third kappa shape index (κ3) is 4.70. The number of pyridine rings is 1. The van der Waals surface area contributed by atoms with Crippen molar-refractivity contribution in [2.45, 2.75) is 19.4 Å². The van der Waals surface area contributed by atoms with E-state index in [1.54, 1.807) is 36.7 Å². The molecule has 0 bridgehead atoms. The fourth-order valence-electron chi connectivity index (χ4n) is 1.90. The van der Waals surface area contributed by atoms with E-state index in [1.807, 2.05) is 6.92 Å². The van der Waals surface area contributed by atoms with E-state index in [4.69, 9.17) is 23.2 Å². The zero-order valence-electron chi connectivity index (χ0n) is 11.3. The van der Waals surface area contributed by atoms with Crippen LogP contribution in [0.15, 0.2) is 36.7 Å². The Morgan fingerprint density at radius 3 is 2.52 bits per heavy atom. The maximum atomic E-state index is 11.9. The predicted octanol–water partition coefficient (Wildman–Crippen LogP) is 3.76. The van der Waals surface area contributed by atoms with E-state index in [0.717, 1.165) is 5.56 Å². The first-order valence-electron chi connectivity index (χ1n) is 6.29. The summed E-state index contributed by atoms with van der Waals surface area (Å²) >= 11 is 11.7. The molecule has 4 nitrogen and oxygen atoms in total. The second kappa shape index (κ2) is 6.89. The number of aliphatic hydroxyl groups is 1. The summed E-state index contributed by atoms with van der Waals surface area (Å²) in [6.45, 7) is 1.88. The molecule has 21 heavy (non-hydrogen) atoms. The average Bonchev–Trinajstić information content (AvgIpc) is 2.37. The van der Waals surface area contributed by atoms with Gasteiger partial charge in [-0.1, -0.05) is 23.2 Å². The van der Waals surface area contributed by atoms with Crippen molar-refractivity contribution in [1.29, 1.82) is 0 Å². The molecule has 6 heteroatoms. The molecule has 1 heterocycles. The molecule has 2 rings (SSSR count). The summed E-state index contributed by atoms with van der Waals surface area (Å²) in [5.41, 5.74) is 2.04. The van der Waals surface area contributed by atoms with E-state index in [1.165, 1.54) is 0 Å². The maximum absolute atomic E-state index is 11.9. The molecule has 2 N–H and O–H groups in total. The Bertz CT molecular complexity index is 642. The van der Waals surface area contributed by atoms with Gasteiger partial charge in [-0.15, -0.1) is 0 Å². The van der Waals surface area contributed by atoms with Crippen molar-refractivity contribution in [2.24, 2.45) is 0 Å². The Morgan fingerprint density at radius 2 is 1.90 bits per heavy atom. The number of carbonyl (C=O) groups excluding carboxylic acids is 1. The molecule has 1 unspecified atom stereocenters. The van der Waals surface area contributed by atoms with Gasteiger partial charge < -0.3 is 10.4 Å². The third-order valence-electron chi connectivity index (χ3n) is 2.81. The number of aliphatic hydroxyl groups excluding tert-OH is 1. The van der Waals surface area contributed by atoms with Gasteiger partial charge >= 0.3 is 0 Å².